The molecule has 0 aromatic heterocycles. The highest BCUT2D eigenvalue weighted by Crippen LogP contribution is 2.27. The van der Waals surface area contributed by atoms with Crippen LogP contribution in [0.5, 0.6) is 0 Å². The smallest absolute Gasteiger partial charge is 0.408 e. The highest BCUT2D eigenvalue weighted by Gasteiger charge is 2.45. The van der Waals surface area contributed by atoms with Crippen molar-refractivity contribution in [2.75, 3.05) is 12.8 Å². The Labute approximate surface area is 254 Å². The summed E-state index contributed by atoms with van der Waals surface area (Å²) in [5, 5.41) is 26.4. The number of hydrogen-bond donors (Lipinski definition) is 5. The van der Waals surface area contributed by atoms with Crippen LogP contribution in [0.25, 0.3) is 0 Å². The van der Waals surface area contributed by atoms with Gasteiger partial charge in [-0.15, -0.1) is 0 Å². The quantitative estimate of drug-likeness (QED) is 0.187. The van der Waals surface area contributed by atoms with Crippen molar-refractivity contribution in [2.45, 2.75) is 70.8 Å². The van der Waals surface area contributed by atoms with Crippen molar-refractivity contribution in [1.82, 2.24) is 20.9 Å². The maximum Gasteiger partial charge on any atom is 0.408 e. The lowest BCUT2D eigenvalue weighted by Crippen LogP contribution is -2.66. The van der Waals surface area contributed by atoms with E-state index >= 15 is 0 Å². The Balaban J connectivity index is 2.15. The van der Waals surface area contributed by atoms with Gasteiger partial charge in [0.05, 0.1) is 18.9 Å². The van der Waals surface area contributed by atoms with Crippen LogP contribution < -0.4 is 16.0 Å². The average molecular weight is 639 g/mol. The molecule has 2 rings (SSSR count). The van der Waals surface area contributed by atoms with Gasteiger partial charge in [-0.1, -0.05) is 57.2 Å². The minimum absolute atomic E-state index is 0.130. The monoisotopic (exact) mass is 638 g/mol. The molecule has 44 heavy (non-hydrogen) atoms. The van der Waals surface area contributed by atoms with Crippen molar-refractivity contribution in [3.63, 3.8) is 0 Å². The molecular weight excluding hydrogens is 600 g/mol. The largest absolute Gasteiger partial charge is 0.481 e. The third-order valence-corrected chi connectivity index (χ3v) is 7.14. The van der Waals surface area contributed by atoms with Gasteiger partial charge >= 0.3 is 18.0 Å². The first-order valence-corrected chi connectivity index (χ1v) is 15.5. The van der Waals surface area contributed by atoms with Gasteiger partial charge in [-0.25, -0.2) is 13.2 Å². The van der Waals surface area contributed by atoms with E-state index in [-0.39, 0.29) is 19.6 Å². The van der Waals surface area contributed by atoms with E-state index < -0.39 is 88.0 Å². The molecule has 0 spiro atoms. The van der Waals surface area contributed by atoms with Gasteiger partial charge in [-0.2, -0.15) is 0 Å². The summed E-state index contributed by atoms with van der Waals surface area (Å²) in [7, 11) is -3.60. The summed E-state index contributed by atoms with van der Waals surface area (Å²) in [6, 6.07) is 3.59. The molecule has 0 saturated carbocycles. The Morgan fingerprint density at radius 2 is 1.61 bits per heavy atom. The SMILES string of the molecule is CC(C)(C)C(NC(=O)[C@H](CC(=O)O)NC(=O)OCc1ccccc1)C(=O)N1CC[C@@H]1C(=O)N[C@H](/C=C/S(C)(=O)=O)CC(=O)O. The molecule has 1 aromatic rings. The van der Waals surface area contributed by atoms with Crippen molar-refractivity contribution in [3.8, 4) is 0 Å². The summed E-state index contributed by atoms with van der Waals surface area (Å²) in [6.07, 6.45) is -0.308. The number of rotatable bonds is 14. The van der Waals surface area contributed by atoms with E-state index in [1.165, 1.54) is 4.90 Å². The Bertz CT molecular complexity index is 1370. The molecule has 0 bridgehead atoms. The molecular formula is C28H38N4O11S. The molecule has 1 heterocycles. The second-order valence-electron chi connectivity index (χ2n) is 11.4. The van der Waals surface area contributed by atoms with Gasteiger partial charge in [0.2, 0.25) is 17.7 Å². The molecule has 0 radical (unpaired) electrons. The second-order valence-corrected chi connectivity index (χ2v) is 13.3. The number of aliphatic carboxylic acids is 2. The van der Waals surface area contributed by atoms with Gasteiger partial charge < -0.3 is 35.8 Å². The Morgan fingerprint density at radius 3 is 2.11 bits per heavy atom. The van der Waals surface area contributed by atoms with Gasteiger partial charge in [0.1, 0.15) is 24.7 Å². The summed E-state index contributed by atoms with van der Waals surface area (Å²) in [5.74, 6) is -5.04. The number of ether oxygens (including phenoxy) is 1. The normalized spacial score (nSPS) is 17.0. The van der Waals surface area contributed by atoms with E-state index in [9.17, 15) is 42.3 Å². The minimum atomic E-state index is -3.60. The zero-order chi connectivity index (χ0) is 33.2. The zero-order valence-electron chi connectivity index (χ0n) is 24.8. The summed E-state index contributed by atoms with van der Waals surface area (Å²) in [4.78, 5) is 76.0. The number of amides is 4. The molecule has 1 aliphatic rings. The van der Waals surface area contributed by atoms with E-state index in [4.69, 9.17) is 9.84 Å². The number of hydrogen-bond acceptors (Lipinski definition) is 9. The lowest BCUT2D eigenvalue weighted by Gasteiger charge is -2.44. The van der Waals surface area contributed by atoms with Crippen LogP contribution in [-0.2, 0) is 45.2 Å². The Hall–Kier alpha value is -4.47. The standard InChI is InChI=1S/C28H38N4O11S/c1-28(2,3)23(31-24(37)19(15-22(35)36)30-27(40)43-16-17-8-6-5-7-9-17)26(39)32-12-10-20(32)25(38)29-18(14-21(33)34)11-13-44(4,41)42/h5-9,11,13,18-20,23H,10,12,14-16H2,1-4H3,(H,29,38)(H,30,40)(H,31,37)(H,33,34)(H,35,36)/b13-11+/t18-,19+,20-,23?/m1/s1. The molecule has 15 nitrogen and oxygen atoms in total. The van der Waals surface area contributed by atoms with E-state index in [1.54, 1.807) is 51.1 Å². The molecule has 4 atom stereocenters. The highest BCUT2D eigenvalue weighted by molar-refractivity contribution is 7.93. The van der Waals surface area contributed by atoms with E-state index in [0.29, 0.717) is 5.56 Å². The van der Waals surface area contributed by atoms with Crippen LogP contribution >= 0.6 is 0 Å². The minimum Gasteiger partial charge on any atom is -0.481 e. The van der Waals surface area contributed by atoms with Crippen molar-refractivity contribution < 1.29 is 52.1 Å². The molecule has 1 unspecified atom stereocenters. The third-order valence-electron chi connectivity index (χ3n) is 6.49. The van der Waals surface area contributed by atoms with Crippen LogP contribution in [0.15, 0.2) is 41.8 Å². The molecule has 1 fully saturated rings. The third kappa shape index (κ3) is 11.7. The number of nitrogens with zero attached hydrogens (tertiary/aromatic N) is 1. The predicted octanol–water partition coefficient (Wildman–Crippen LogP) is 0.406. The number of carboxylic acid groups (broad SMARTS) is 2. The number of alkyl carbamates (subject to hydrolysis) is 1. The first-order valence-electron chi connectivity index (χ1n) is 13.6. The number of carboxylic acids is 2. The molecule has 1 aliphatic heterocycles. The fourth-order valence-corrected chi connectivity index (χ4v) is 4.62. The highest BCUT2D eigenvalue weighted by atomic mass is 32.2. The fraction of sp³-hybridized carbons (Fsp3) is 0.500. The van der Waals surface area contributed by atoms with Crippen molar-refractivity contribution >= 4 is 45.6 Å². The van der Waals surface area contributed by atoms with Crippen molar-refractivity contribution in [2.24, 2.45) is 5.41 Å². The number of likely N-dealkylation sites (tertiary alicyclic amines) is 1. The molecule has 242 valence electrons. The lowest BCUT2D eigenvalue weighted by molar-refractivity contribution is -0.152. The molecule has 0 aliphatic carbocycles. The van der Waals surface area contributed by atoms with Crippen molar-refractivity contribution in [1.29, 1.82) is 0 Å². The van der Waals surface area contributed by atoms with Crippen LogP contribution in [0, 0.1) is 5.41 Å². The second kappa shape index (κ2) is 15.3. The first-order chi connectivity index (χ1) is 20.4. The fourth-order valence-electron chi connectivity index (χ4n) is 4.14. The van der Waals surface area contributed by atoms with Gasteiger partial charge in [0, 0.05) is 18.2 Å². The van der Waals surface area contributed by atoms with Crippen molar-refractivity contribution in [3.05, 3.63) is 47.4 Å². The maximum absolute atomic E-state index is 13.6. The number of nitrogens with one attached hydrogen (secondary N) is 3. The zero-order valence-corrected chi connectivity index (χ0v) is 25.6. The lowest BCUT2D eigenvalue weighted by atomic mass is 9.84. The Kier molecular flexibility index (Phi) is 12.4. The summed E-state index contributed by atoms with van der Waals surface area (Å²) < 4.78 is 28.0. The maximum atomic E-state index is 13.6. The van der Waals surface area contributed by atoms with Crippen LogP contribution in [0.2, 0.25) is 0 Å². The van der Waals surface area contributed by atoms with Gasteiger partial charge in [0.25, 0.3) is 0 Å². The molecule has 16 heteroatoms. The first kappa shape index (κ1) is 35.7. The van der Waals surface area contributed by atoms with Crippen LogP contribution in [-0.4, -0.2) is 96.3 Å². The summed E-state index contributed by atoms with van der Waals surface area (Å²) in [6.45, 7) is 4.91. The molecule has 5 N–H and O–H groups in total. The number of carbonyl (C=O) groups is 6. The van der Waals surface area contributed by atoms with Gasteiger partial charge in [0.15, 0.2) is 9.84 Å². The van der Waals surface area contributed by atoms with E-state index in [0.717, 1.165) is 17.7 Å². The van der Waals surface area contributed by atoms with Gasteiger partial charge in [-0.3, -0.25) is 24.0 Å². The number of benzene rings is 1. The average Bonchev–Trinajstić information content (AvgIpc) is 2.86. The molecule has 4 amide bonds. The molecule has 1 saturated heterocycles. The van der Waals surface area contributed by atoms with E-state index in [1.807, 2.05) is 0 Å². The number of carbonyl (C=O) groups excluding carboxylic acids is 4. The van der Waals surface area contributed by atoms with Crippen LogP contribution in [0.1, 0.15) is 45.6 Å². The number of sulfone groups is 1. The van der Waals surface area contributed by atoms with Gasteiger partial charge in [-0.05, 0) is 17.4 Å². The topological polar surface area (TPSA) is 226 Å². The molecule has 1 aromatic carbocycles. The van der Waals surface area contributed by atoms with Crippen LogP contribution in [0.3, 0.4) is 0 Å². The van der Waals surface area contributed by atoms with Crippen LogP contribution in [0.4, 0.5) is 4.79 Å². The Morgan fingerprint density at radius 1 is 1.00 bits per heavy atom. The summed E-state index contributed by atoms with van der Waals surface area (Å²) >= 11 is 0. The predicted molar refractivity (Wildman–Crippen MR) is 155 cm³/mol. The van der Waals surface area contributed by atoms with E-state index in [2.05, 4.69) is 16.0 Å². The summed E-state index contributed by atoms with van der Waals surface area (Å²) in [5.41, 5.74) is -0.274.